The van der Waals surface area contributed by atoms with E-state index in [1.54, 1.807) is 12.1 Å². The molecular weight excluding hydrogens is 308 g/mol. The topological polar surface area (TPSA) is 106 Å². The van der Waals surface area contributed by atoms with Crippen LogP contribution in [0.1, 0.15) is 31.8 Å². The summed E-state index contributed by atoms with van der Waals surface area (Å²) in [5, 5.41) is 0. The Bertz CT molecular complexity index is 883. The fourth-order valence-electron chi connectivity index (χ4n) is 2.33. The molecule has 0 heterocycles. The van der Waals surface area contributed by atoms with Crippen LogP contribution in [0.15, 0.2) is 47.4 Å². The van der Waals surface area contributed by atoms with Crippen LogP contribution in [0.5, 0.6) is 0 Å². The van der Waals surface area contributed by atoms with E-state index in [1.807, 2.05) is 6.79 Å². The first kappa shape index (κ1) is 15.7. The maximum Gasteiger partial charge on any atom is 0.295 e. The standard InChI is InChI=1S/C14H8O5S.CH2O/c15-13-8-4-1-2-5-9(8)14(16)12-10(13)6-3-7-11(12)20(17,18)19;1-2/h1-7H,(H,17,18,19);1H2. The molecule has 0 atom stereocenters. The van der Waals surface area contributed by atoms with Gasteiger partial charge in [0.05, 0.1) is 5.56 Å². The lowest BCUT2D eigenvalue weighted by Crippen LogP contribution is -2.23. The third-order valence-corrected chi connectivity index (χ3v) is 4.09. The normalized spacial score (nSPS) is 12.8. The van der Waals surface area contributed by atoms with Crippen LogP contribution in [0.25, 0.3) is 0 Å². The van der Waals surface area contributed by atoms with Gasteiger partial charge in [0.15, 0.2) is 11.6 Å². The van der Waals surface area contributed by atoms with Crippen molar-refractivity contribution in [1.29, 1.82) is 0 Å². The fourth-order valence-corrected chi connectivity index (χ4v) is 3.04. The summed E-state index contributed by atoms with van der Waals surface area (Å²) in [6, 6.07) is 9.99. The molecule has 0 amide bonds. The predicted octanol–water partition coefficient (Wildman–Crippen LogP) is 1.52. The lowest BCUT2D eigenvalue weighted by molar-refractivity contribution is -0.0980. The van der Waals surface area contributed by atoms with Crippen molar-refractivity contribution in [3.63, 3.8) is 0 Å². The zero-order valence-electron chi connectivity index (χ0n) is 11.1. The number of hydrogen-bond donors (Lipinski definition) is 1. The van der Waals surface area contributed by atoms with Gasteiger partial charge in [-0.05, 0) is 6.07 Å². The molecule has 0 aromatic heterocycles. The summed E-state index contributed by atoms with van der Waals surface area (Å²) in [6.45, 7) is 2.00. The van der Waals surface area contributed by atoms with Gasteiger partial charge in [-0.15, -0.1) is 0 Å². The molecule has 0 fully saturated rings. The van der Waals surface area contributed by atoms with Crippen LogP contribution in [0.3, 0.4) is 0 Å². The van der Waals surface area contributed by atoms with Gasteiger partial charge in [-0.1, -0.05) is 36.4 Å². The molecule has 1 aliphatic carbocycles. The molecule has 6 nitrogen and oxygen atoms in total. The Kier molecular flexibility index (Phi) is 4.03. The van der Waals surface area contributed by atoms with Gasteiger partial charge in [-0.25, -0.2) is 0 Å². The molecule has 7 heteroatoms. The summed E-state index contributed by atoms with van der Waals surface area (Å²) >= 11 is 0. The van der Waals surface area contributed by atoms with E-state index >= 15 is 0 Å². The molecule has 0 saturated carbocycles. The molecule has 0 saturated heterocycles. The molecule has 0 radical (unpaired) electrons. The first-order valence-corrected chi connectivity index (χ1v) is 7.43. The van der Waals surface area contributed by atoms with Gasteiger partial charge >= 0.3 is 0 Å². The second-order valence-corrected chi connectivity index (χ2v) is 5.75. The van der Waals surface area contributed by atoms with Crippen molar-refractivity contribution in [2.75, 3.05) is 0 Å². The third-order valence-electron chi connectivity index (χ3n) is 3.19. The second-order valence-electron chi connectivity index (χ2n) is 4.36. The first-order valence-electron chi connectivity index (χ1n) is 5.99. The van der Waals surface area contributed by atoms with Gasteiger partial charge in [0.25, 0.3) is 10.1 Å². The maximum atomic E-state index is 12.4. The predicted molar refractivity (Wildman–Crippen MR) is 76.7 cm³/mol. The summed E-state index contributed by atoms with van der Waals surface area (Å²) in [6.07, 6.45) is 0. The number of rotatable bonds is 1. The van der Waals surface area contributed by atoms with Crippen LogP contribution in [-0.2, 0) is 14.9 Å². The van der Waals surface area contributed by atoms with Crippen molar-refractivity contribution in [2.45, 2.75) is 4.90 Å². The Labute approximate surface area is 126 Å². The highest BCUT2D eigenvalue weighted by molar-refractivity contribution is 7.86. The molecule has 0 bridgehead atoms. The second kappa shape index (κ2) is 5.63. The highest BCUT2D eigenvalue weighted by Gasteiger charge is 2.33. The average molecular weight is 318 g/mol. The van der Waals surface area contributed by atoms with Crippen molar-refractivity contribution < 1.29 is 27.4 Å². The van der Waals surface area contributed by atoms with Crippen molar-refractivity contribution in [1.82, 2.24) is 0 Å². The van der Waals surface area contributed by atoms with E-state index in [0.29, 0.717) is 0 Å². The van der Waals surface area contributed by atoms with Crippen LogP contribution in [0.4, 0.5) is 0 Å². The fraction of sp³-hybridized carbons (Fsp3) is 0. The van der Waals surface area contributed by atoms with Crippen LogP contribution < -0.4 is 0 Å². The summed E-state index contributed by atoms with van der Waals surface area (Å²) < 4.78 is 31.9. The molecule has 2 aromatic rings. The largest absolute Gasteiger partial charge is 0.307 e. The van der Waals surface area contributed by atoms with E-state index in [4.69, 9.17) is 4.79 Å². The average Bonchev–Trinajstić information content (AvgIpc) is 2.53. The molecule has 1 N–H and O–H groups in total. The number of hydrogen-bond acceptors (Lipinski definition) is 5. The summed E-state index contributed by atoms with van der Waals surface area (Å²) in [5.41, 5.74) is 0.0983. The molecular formula is C15H10O6S. The van der Waals surface area contributed by atoms with Gasteiger partial charge in [0.1, 0.15) is 11.7 Å². The van der Waals surface area contributed by atoms with E-state index in [1.165, 1.54) is 24.3 Å². The summed E-state index contributed by atoms with van der Waals surface area (Å²) in [4.78, 5) is 32.2. The molecule has 22 heavy (non-hydrogen) atoms. The number of fused-ring (bicyclic) bond motifs is 2. The van der Waals surface area contributed by atoms with Crippen molar-refractivity contribution >= 4 is 28.5 Å². The number of ketones is 2. The van der Waals surface area contributed by atoms with Crippen molar-refractivity contribution in [3.8, 4) is 0 Å². The maximum absolute atomic E-state index is 12.4. The Morgan fingerprint density at radius 3 is 1.82 bits per heavy atom. The van der Waals surface area contributed by atoms with E-state index in [2.05, 4.69) is 0 Å². The van der Waals surface area contributed by atoms with E-state index in [9.17, 15) is 22.6 Å². The minimum Gasteiger partial charge on any atom is -0.307 e. The van der Waals surface area contributed by atoms with E-state index < -0.39 is 26.6 Å². The molecule has 0 spiro atoms. The molecule has 2 aromatic carbocycles. The lowest BCUT2D eigenvalue weighted by Gasteiger charge is -2.18. The molecule has 1 aliphatic rings. The monoisotopic (exact) mass is 318 g/mol. The summed E-state index contributed by atoms with van der Waals surface area (Å²) in [5.74, 6) is -1.01. The smallest absolute Gasteiger partial charge is 0.295 e. The number of carbonyl (C=O) groups is 3. The van der Waals surface area contributed by atoms with Crippen LogP contribution in [0, 0.1) is 0 Å². The molecule has 112 valence electrons. The number of benzene rings is 2. The van der Waals surface area contributed by atoms with Gasteiger partial charge < -0.3 is 4.79 Å². The van der Waals surface area contributed by atoms with Crippen LogP contribution in [0.2, 0.25) is 0 Å². The highest BCUT2D eigenvalue weighted by atomic mass is 32.2. The summed E-state index contributed by atoms with van der Waals surface area (Å²) in [7, 11) is -4.58. The first-order chi connectivity index (χ1) is 10.4. The minimum atomic E-state index is -4.58. The quantitative estimate of drug-likeness (QED) is 0.682. The van der Waals surface area contributed by atoms with Gasteiger partial charge in [0.2, 0.25) is 0 Å². The Morgan fingerprint density at radius 1 is 0.773 bits per heavy atom. The highest BCUT2D eigenvalue weighted by Crippen LogP contribution is 2.31. The van der Waals surface area contributed by atoms with E-state index in [-0.39, 0.29) is 22.3 Å². The van der Waals surface area contributed by atoms with Gasteiger partial charge in [-0.2, -0.15) is 8.42 Å². The zero-order valence-corrected chi connectivity index (χ0v) is 12.0. The molecule has 0 aliphatic heterocycles. The zero-order chi connectivity index (χ0) is 16.5. The molecule has 3 rings (SSSR count). The van der Waals surface area contributed by atoms with Gasteiger partial charge in [0, 0.05) is 16.7 Å². The Balaban J connectivity index is 0.000000847. The van der Waals surface area contributed by atoms with Crippen molar-refractivity contribution in [3.05, 3.63) is 64.7 Å². The van der Waals surface area contributed by atoms with E-state index in [0.717, 1.165) is 6.07 Å². The van der Waals surface area contributed by atoms with Crippen LogP contribution >= 0.6 is 0 Å². The van der Waals surface area contributed by atoms with Crippen molar-refractivity contribution in [2.24, 2.45) is 0 Å². The SMILES string of the molecule is C=O.O=C1c2ccccc2C(=O)c2c1cccc2S(=O)(=O)O. The van der Waals surface area contributed by atoms with Gasteiger partial charge in [-0.3, -0.25) is 14.1 Å². The minimum absolute atomic E-state index is 0.0103. The van der Waals surface area contributed by atoms with Crippen LogP contribution in [-0.4, -0.2) is 31.3 Å². The Hall–Kier alpha value is -2.64. The molecule has 0 unspecified atom stereocenters. The Morgan fingerprint density at radius 2 is 1.27 bits per heavy atom. The third kappa shape index (κ3) is 2.36. The lowest BCUT2D eigenvalue weighted by atomic mass is 9.84. The number of carbonyl (C=O) groups excluding carboxylic acids is 3.